The molecular weight excluding hydrogens is 436 g/mol. The van der Waals surface area contributed by atoms with Gasteiger partial charge in [-0.15, -0.1) is 0 Å². The lowest BCUT2D eigenvalue weighted by Gasteiger charge is -2.26. The third-order valence-electron chi connectivity index (χ3n) is 5.58. The summed E-state index contributed by atoms with van der Waals surface area (Å²) in [5.41, 5.74) is 1.98. The second kappa shape index (κ2) is 9.19. The Hall–Kier alpha value is -4.46. The zero-order valence-electron chi connectivity index (χ0n) is 18.6. The zero-order chi connectivity index (χ0) is 24.4. The Morgan fingerprint density at radius 1 is 1.06 bits per heavy atom. The molecule has 4 rings (SSSR count). The van der Waals surface area contributed by atoms with Crippen molar-refractivity contribution in [3.05, 3.63) is 105 Å². The van der Waals surface area contributed by atoms with Crippen molar-refractivity contribution in [3.8, 4) is 5.75 Å². The van der Waals surface area contributed by atoms with Crippen LogP contribution in [-0.4, -0.2) is 28.3 Å². The molecule has 0 radical (unpaired) electrons. The third-order valence-corrected chi connectivity index (χ3v) is 5.58. The molecular formula is C26H22N2O6. The van der Waals surface area contributed by atoms with Gasteiger partial charge in [0.2, 0.25) is 0 Å². The SMILES string of the molecule is CCOc1ccc(C2/C(=C(/O)c3ccc([N+](=O)[O-])cc3)C(=O)C(=O)N2c2cccc(C)c2)cc1. The number of carbonyl (C=O) groups excluding carboxylic acids is 2. The molecule has 0 bridgehead atoms. The fourth-order valence-electron chi connectivity index (χ4n) is 4.00. The van der Waals surface area contributed by atoms with Crippen LogP contribution in [0.1, 0.15) is 29.7 Å². The van der Waals surface area contributed by atoms with Crippen LogP contribution in [0.3, 0.4) is 0 Å². The summed E-state index contributed by atoms with van der Waals surface area (Å²) in [4.78, 5) is 38.1. The second-order valence-electron chi connectivity index (χ2n) is 7.81. The highest BCUT2D eigenvalue weighted by Crippen LogP contribution is 2.42. The molecule has 0 saturated carbocycles. The van der Waals surface area contributed by atoms with Crippen molar-refractivity contribution >= 4 is 28.8 Å². The van der Waals surface area contributed by atoms with E-state index in [1.807, 2.05) is 19.9 Å². The Kier molecular flexibility index (Phi) is 6.14. The Bertz CT molecular complexity index is 1300. The maximum absolute atomic E-state index is 13.2. The number of benzene rings is 3. The quantitative estimate of drug-likeness (QED) is 0.184. The molecule has 8 nitrogen and oxygen atoms in total. The minimum Gasteiger partial charge on any atom is -0.507 e. The van der Waals surface area contributed by atoms with Gasteiger partial charge in [0.1, 0.15) is 11.5 Å². The van der Waals surface area contributed by atoms with E-state index in [-0.39, 0.29) is 16.8 Å². The second-order valence-corrected chi connectivity index (χ2v) is 7.81. The number of aliphatic hydroxyl groups is 1. The van der Waals surface area contributed by atoms with Gasteiger partial charge in [-0.1, -0.05) is 24.3 Å². The summed E-state index contributed by atoms with van der Waals surface area (Å²) in [6.07, 6.45) is 0. The maximum Gasteiger partial charge on any atom is 0.300 e. The number of Topliss-reactive ketones (excluding diaryl/α,β-unsaturated/α-hetero) is 1. The van der Waals surface area contributed by atoms with E-state index in [2.05, 4.69) is 0 Å². The molecule has 1 fully saturated rings. The summed E-state index contributed by atoms with van der Waals surface area (Å²) in [6.45, 7) is 4.23. The molecule has 1 saturated heterocycles. The molecule has 3 aromatic rings. The third kappa shape index (κ3) is 4.13. The highest BCUT2D eigenvalue weighted by molar-refractivity contribution is 6.51. The fourth-order valence-corrected chi connectivity index (χ4v) is 4.00. The summed E-state index contributed by atoms with van der Waals surface area (Å²) < 4.78 is 5.50. The van der Waals surface area contributed by atoms with Crippen molar-refractivity contribution in [3.63, 3.8) is 0 Å². The van der Waals surface area contributed by atoms with Crippen LogP contribution in [0.15, 0.2) is 78.4 Å². The van der Waals surface area contributed by atoms with Gasteiger partial charge in [0, 0.05) is 23.4 Å². The highest BCUT2D eigenvalue weighted by Gasteiger charge is 2.47. The van der Waals surface area contributed by atoms with Gasteiger partial charge in [0.25, 0.3) is 17.4 Å². The number of nitro groups is 1. The molecule has 0 aliphatic carbocycles. The van der Waals surface area contributed by atoms with E-state index in [9.17, 15) is 24.8 Å². The minimum atomic E-state index is -0.896. The molecule has 1 aliphatic heterocycles. The number of ketones is 1. The van der Waals surface area contributed by atoms with Crippen LogP contribution in [-0.2, 0) is 9.59 Å². The molecule has 1 heterocycles. The lowest BCUT2D eigenvalue weighted by Crippen LogP contribution is -2.29. The van der Waals surface area contributed by atoms with Crippen molar-refractivity contribution in [1.29, 1.82) is 0 Å². The van der Waals surface area contributed by atoms with Crippen molar-refractivity contribution in [2.75, 3.05) is 11.5 Å². The van der Waals surface area contributed by atoms with Crippen molar-refractivity contribution in [2.45, 2.75) is 19.9 Å². The largest absolute Gasteiger partial charge is 0.507 e. The zero-order valence-corrected chi connectivity index (χ0v) is 18.6. The number of carbonyl (C=O) groups is 2. The summed E-state index contributed by atoms with van der Waals surface area (Å²) in [5, 5.41) is 22.1. The number of anilines is 1. The number of ether oxygens (including phenoxy) is 1. The van der Waals surface area contributed by atoms with Gasteiger partial charge in [-0.3, -0.25) is 24.6 Å². The number of hydrogen-bond acceptors (Lipinski definition) is 6. The number of aryl methyl sites for hydroxylation is 1. The van der Waals surface area contributed by atoms with Gasteiger partial charge in [0.15, 0.2) is 0 Å². The Balaban J connectivity index is 1.89. The van der Waals surface area contributed by atoms with E-state index in [1.54, 1.807) is 42.5 Å². The fraction of sp³-hybridized carbons (Fsp3) is 0.154. The van der Waals surface area contributed by atoms with E-state index in [0.29, 0.717) is 23.6 Å². The molecule has 1 N–H and O–H groups in total. The lowest BCUT2D eigenvalue weighted by molar-refractivity contribution is -0.384. The number of rotatable bonds is 6. The molecule has 0 spiro atoms. The van der Waals surface area contributed by atoms with Crippen LogP contribution in [0.2, 0.25) is 0 Å². The van der Waals surface area contributed by atoms with Crippen LogP contribution in [0.5, 0.6) is 5.75 Å². The number of nitrogens with zero attached hydrogens (tertiary/aromatic N) is 2. The van der Waals surface area contributed by atoms with Crippen molar-refractivity contribution in [1.82, 2.24) is 0 Å². The van der Waals surface area contributed by atoms with Gasteiger partial charge in [-0.2, -0.15) is 0 Å². The van der Waals surface area contributed by atoms with Gasteiger partial charge in [0.05, 0.1) is 23.1 Å². The molecule has 1 aliphatic rings. The first-order valence-electron chi connectivity index (χ1n) is 10.7. The summed E-state index contributed by atoms with van der Waals surface area (Å²) in [7, 11) is 0. The van der Waals surface area contributed by atoms with Gasteiger partial charge < -0.3 is 9.84 Å². The smallest absolute Gasteiger partial charge is 0.300 e. The Morgan fingerprint density at radius 2 is 1.74 bits per heavy atom. The molecule has 8 heteroatoms. The average molecular weight is 458 g/mol. The Morgan fingerprint density at radius 3 is 2.32 bits per heavy atom. The van der Waals surface area contributed by atoms with Crippen molar-refractivity contribution < 1.29 is 24.4 Å². The molecule has 172 valence electrons. The lowest BCUT2D eigenvalue weighted by atomic mass is 9.95. The number of non-ortho nitro benzene ring substituents is 1. The van der Waals surface area contributed by atoms with Crippen LogP contribution < -0.4 is 9.64 Å². The predicted molar refractivity (Wildman–Crippen MR) is 127 cm³/mol. The van der Waals surface area contributed by atoms with E-state index in [4.69, 9.17) is 4.74 Å². The Labute approximate surface area is 195 Å². The average Bonchev–Trinajstić information content (AvgIpc) is 3.10. The molecule has 1 amide bonds. The number of nitro benzene ring substituents is 1. The van der Waals surface area contributed by atoms with Gasteiger partial charge >= 0.3 is 0 Å². The number of hydrogen-bond donors (Lipinski definition) is 1. The molecule has 34 heavy (non-hydrogen) atoms. The van der Waals surface area contributed by atoms with Gasteiger partial charge in [-0.05, 0) is 61.4 Å². The van der Waals surface area contributed by atoms with E-state index in [0.717, 1.165) is 5.56 Å². The van der Waals surface area contributed by atoms with E-state index in [1.165, 1.54) is 29.2 Å². The normalized spacial score (nSPS) is 17.1. The monoisotopic (exact) mass is 458 g/mol. The standard InChI is InChI=1S/C26H22N2O6/c1-3-34-21-13-9-17(10-14-21)23-22(24(29)18-7-11-19(12-8-18)28(32)33)25(30)26(31)27(23)20-6-4-5-16(2)15-20/h4-15,23,29H,3H2,1-2H3/b24-22-. The van der Waals surface area contributed by atoms with Crippen LogP contribution in [0, 0.1) is 17.0 Å². The molecule has 1 atom stereocenters. The predicted octanol–water partition coefficient (Wildman–Crippen LogP) is 4.93. The summed E-state index contributed by atoms with van der Waals surface area (Å²) >= 11 is 0. The molecule has 0 aromatic heterocycles. The van der Waals surface area contributed by atoms with Crippen LogP contribution in [0.4, 0.5) is 11.4 Å². The first kappa shape index (κ1) is 22.7. The topological polar surface area (TPSA) is 110 Å². The molecule has 3 aromatic carbocycles. The molecule has 1 unspecified atom stereocenters. The van der Waals surface area contributed by atoms with Gasteiger partial charge in [-0.25, -0.2) is 0 Å². The first-order valence-corrected chi connectivity index (χ1v) is 10.7. The first-order chi connectivity index (χ1) is 16.3. The van der Waals surface area contributed by atoms with Crippen LogP contribution in [0.25, 0.3) is 5.76 Å². The number of amides is 1. The summed E-state index contributed by atoms with van der Waals surface area (Å²) in [6, 6.07) is 18.4. The van der Waals surface area contributed by atoms with Crippen LogP contribution >= 0.6 is 0 Å². The number of aliphatic hydroxyl groups excluding tert-OH is 1. The van der Waals surface area contributed by atoms with E-state index < -0.39 is 28.4 Å². The maximum atomic E-state index is 13.2. The van der Waals surface area contributed by atoms with E-state index >= 15 is 0 Å². The van der Waals surface area contributed by atoms with Crippen molar-refractivity contribution in [2.24, 2.45) is 0 Å². The summed E-state index contributed by atoms with van der Waals surface area (Å²) in [5.74, 6) is -1.37. The minimum absolute atomic E-state index is 0.0930. The highest BCUT2D eigenvalue weighted by atomic mass is 16.6.